The molecule has 3 rings (SSSR count). The summed E-state index contributed by atoms with van der Waals surface area (Å²) in [6, 6.07) is 9.56. The monoisotopic (exact) mass is 301 g/mol. The van der Waals surface area contributed by atoms with Crippen LogP contribution in [0.15, 0.2) is 41.7 Å². The highest BCUT2D eigenvalue weighted by Gasteiger charge is 2.45. The highest BCUT2D eigenvalue weighted by atomic mass is 16.5. The van der Waals surface area contributed by atoms with Gasteiger partial charge in [-0.2, -0.15) is 0 Å². The Kier molecular flexibility index (Phi) is 4.13. The van der Waals surface area contributed by atoms with Crippen molar-refractivity contribution in [3.05, 3.63) is 47.2 Å². The summed E-state index contributed by atoms with van der Waals surface area (Å²) in [7, 11) is 0. The first kappa shape index (κ1) is 14.6. The quantitative estimate of drug-likeness (QED) is 0.476. The molecule has 116 valence electrons. The van der Waals surface area contributed by atoms with Crippen molar-refractivity contribution in [3.63, 3.8) is 0 Å². The molecule has 0 saturated carbocycles. The lowest BCUT2D eigenvalue weighted by Gasteiger charge is -2.30. The molecule has 1 aromatic carbocycles. The fraction of sp³-hybridized carbons (Fsp3) is 0.412. The maximum Gasteiger partial charge on any atom is 0.337 e. The van der Waals surface area contributed by atoms with Crippen LogP contribution in [0.5, 0.6) is 0 Å². The van der Waals surface area contributed by atoms with E-state index in [1.54, 1.807) is 4.90 Å². The van der Waals surface area contributed by atoms with Crippen LogP contribution in [0, 0.1) is 0 Å². The fourth-order valence-electron chi connectivity index (χ4n) is 2.66. The van der Waals surface area contributed by atoms with E-state index in [4.69, 9.17) is 9.47 Å². The van der Waals surface area contributed by atoms with Crippen LogP contribution in [0.4, 0.5) is 0 Å². The Bertz CT molecular complexity index is 608. The number of hydrogen-bond donors (Lipinski definition) is 0. The van der Waals surface area contributed by atoms with Gasteiger partial charge < -0.3 is 9.47 Å². The molecule has 22 heavy (non-hydrogen) atoms. The summed E-state index contributed by atoms with van der Waals surface area (Å²) in [5.41, 5.74) is 1.50. The SMILES string of the molecule is CCC/C(C(=O)OCc1ccccc1)=C1/CN2C(=O)CC2O1. The largest absolute Gasteiger partial charge is 0.472 e. The molecule has 5 nitrogen and oxygen atoms in total. The first-order valence-electron chi connectivity index (χ1n) is 7.58. The minimum absolute atomic E-state index is 0.0773. The van der Waals surface area contributed by atoms with E-state index in [1.165, 1.54) is 0 Å². The van der Waals surface area contributed by atoms with E-state index in [0.717, 1.165) is 12.0 Å². The fourth-order valence-corrected chi connectivity index (χ4v) is 2.66. The smallest absolute Gasteiger partial charge is 0.337 e. The molecule has 0 N–H and O–H groups in total. The van der Waals surface area contributed by atoms with Gasteiger partial charge in [0.25, 0.3) is 0 Å². The lowest BCUT2D eigenvalue weighted by atomic mass is 10.1. The van der Waals surface area contributed by atoms with Gasteiger partial charge in [0.15, 0.2) is 6.23 Å². The van der Waals surface area contributed by atoms with Crippen molar-refractivity contribution < 1.29 is 19.1 Å². The van der Waals surface area contributed by atoms with E-state index in [0.29, 0.717) is 30.7 Å². The van der Waals surface area contributed by atoms with Gasteiger partial charge in [-0.1, -0.05) is 43.7 Å². The highest BCUT2D eigenvalue weighted by Crippen LogP contribution is 2.33. The van der Waals surface area contributed by atoms with Gasteiger partial charge in [0.05, 0.1) is 18.5 Å². The standard InChI is InChI=1S/C17H19NO4/c1-2-6-13(14-10-18-15(19)9-16(18)22-14)17(20)21-11-12-7-4-3-5-8-12/h3-5,7-8,16H,2,6,9-11H2,1H3/b14-13+. The van der Waals surface area contributed by atoms with Gasteiger partial charge >= 0.3 is 5.97 Å². The molecule has 2 heterocycles. The van der Waals surface area contributed by atoms with Crippen molar-refractivity contribution in [1.29, 1.82) is 0 Å². The van der Waals surface area contributed by atoms with Crippen LogP contribution in [0.3, 0.4) is 0 Å². The zero-order valence-corrected chi connectivity index (χ0v) is 12.6. The van der Waals surface area contributed by atoms with Gasteiger partial charge in [-0.05, 0) is 12.0 Å². The topological polar surface area (TPSA) is 55.8 Å². The van der Waals surface area contributed by atoms with Gasteiger partial charge in [0, 0.05) is 0 Å². The molecular weight excluding hydrogens is 282 g/mol. The van der Waals surface area contributed by atoms with Crippen LogP contribution in [-0.4, -0.2) is 29.5 Å². The predicted molar refractivity (Wildman–Crippen MR) is 79.4 cm³/mol. The molecule has 1 unspecified atom stereocenters. The van der Waals surface area contributed by atoms with Crippen molar-refractivity contribution in [1.82, 2.24) is 4.90 Å². The Morgan fingerprint density at radius 3 is 2.77 bits per heavy atom. The highest BCUT2D eigenvalue weighted by molar-refractivity contribution is 5.90. The van der Waals surface area contributed by atoms with Crippen molar-refractivity contribution in [2.75, 3.05) is 6.54 Å². The van der Waals surface area contributed by atoms with E-state index in [-0.39, 0.29) is 24.7 Å². The van der Waals surface area contributed by atoms with Crippen molar-refractivity contribution in [2.24, 2.45) is 0 Å². The summed E-state index contributed by atoms with van der Waals surface area (Å²) < 4.78 is 11.1. The average Bonchev–Trinajstić information content (AvgIpc) is 2.88. The number of rotatable bonds is 5. The molecule has 0 aliphatic carbocycles. The summed E-state index contributed by atoms with van der Waals surface area (Å²) in [5.74, 6) is 0.319. The summed E-state index contributed by atoms with van der Waals surface area (Å²) in [6.45, 7) is 2.63. The summed E-state index contributed by atoms with van der Waals surface area (Å²) in [4.78, 5) is 25.4. The Hall–Kier alpha value is -2.30. The van der Waals surface area contributed by atoms with Crippen LogP contribution >= 0.6 is 0 Å². The minimum Gasteiger partial charge on any atom is -0.472 e. The number of carbonyl (C=O) groups excluding carboxylic acids is 2. The summed E-state index contributed by atoms with van der Waals surface area (Å²) >= 11 is 0. The number of carbonyl (C=O) groups is 2. The molecule has 2 saturated heterocycles. The van der Waals surface area contributed by atoms with Crippen LogP contribution in [-0.2, 0) is 25.7 Å². The van der Waals surface area contributed by atoms with E-state index < -0.39 is 0 Å². The third-order valence-corrected chi connectivity index (χ3v) is 3.91. The molecule has 5 heteroatoms. The summed E-state index contributed by atoms with van der Waals surface area (Å²) in [6.07, 6.45) is 1.64. The van der Waals surface area contributed by atoms with Gasteiger partial charge in [-0.3, -0.25) is 9.69 Å². The Labute approximate surface area is 129 Å². The van der Waals surface area contributed by atoms with Gasteiger partial charge in [0.1, 0.15) is 12.4 Å². The van der Waals surface area contributed by atoms with Gasteiger partial charge in [-0.25, -0.2) is 4.79 Å². The molecule has 2 aliphatic rings. The maximum absolute atomic E-state index is 12.3. The van der Waals surface area contributed by atoms with Crippen LogP contribution in [0.2, 0.25) is 0 Å². The molecule has 1 aromatic rings. The Morgan fingerprint density at radius 1 is 1.36 bits per heavy atom. The lowest BCUT2D eigenvalue weighted by molar-refractivity contribution is -0.154. The molecule has 0 spiro atoms. The zero-order valence-electron chi connectivity index (χ0n) is 12.6. The first-order valence-corrected chi connectivity index (χ1v) is 7.58. The number of benzene rings is 1. The number of amides is 1. The summed E-state index contributed by atoms with van der Waals surface area (Å²) in [5, 5.41) is 0. The normalized spacial score (nSPS) is 21.8. The lowest BCUT2D eigenvalue weighted by Crippen LogP contribution is -2.48. The molecular formula is C17H19NO4. The molecule has 1 atom stereocenters. The van der Waals surface area contributed by atoms with E-state index in [9.17, 15) is 9.59 Å². The number of fused-ring (bicyclic) bond motifs is 1. The van der Waals surface area contributed by atoms with Gasteiger partial charge in [0.2, 0.25) is 5.91 Å². The van der Waals surface area contributed by atoms with E-state index in [1.807, 2.05) is 37.3 Å². The number of hydrogen-bond acceptors (Lipinski definition) is 4. The molecule has 2 aliphatic heterocycles. The van der Waals surface area contributed by atoms with Crippen LogP contribution in [0.1, 0.15) is 31.7 Å². The van der Waals surface area contributed by atoms with E-state index >= 15 is 0 Å². The number of ether oxygens (including phenoxy) is 2. The number of esters is 1. The average molecular weight is 301 g/mol. The first-order chi connectivity index (χ1) is 10.7. The second-order valence-corrected chi connectivity index (χ2v) is 5.51. The molecule has 0 aromatic heterocycles. The second kappa shape index (κ2) is 6.22. The van der Waals surface area contributed by atoms with Crippen molar-refractivity contribution in [2.45, 2.75) is 39.0 Å². The van der Waals surface area contributed by atoms with Crippen LogP contribution in [0.25, 0.3) is 0 Å². The number of nitrogens with zero attached hydrogens (tertiary/aromatic N) is 1. The third kappa shape index (κ3) is 2.84. The van der Waals surface area contributed by atoms with Gasteiger partial charge in [-0.15, -0.1) is 0 Å². The Balaban J connectivity index is 1.68. The second-order valence-electron chi connectivity index (χ2n) is 5.51. The molecule has 1 amide bonds. The molecule has 0 radical (unpaired) electrons. The van der Waals surface area contributed by atoms with E-state index in [2.05, 4.69) is 0 Å². The molecule has 2 fully saturated rings. The minimum atomic E-state index is -0.351. The van der Waals surface area contributed by atoms with Crippen molar-refractivity contribution in [3.8, 4) is 0 Å². The third-order valence-electron chi connectivity index (χ3n) is 3.91. The van der Waals surface area contributed by atoms with Crippen molar-refractivity contribution >= 4 is 11.9 Å². The van der Waals surface area contributed by atoms with Crippen LogP contribution < -0.4 is 0 Å². The maximum atomic E-state index is 12.3. The molecule has 0 bridgehead atoms. The Morgan fingerprint density at radius 2 is 2.14 bits per heavy atom. The number of β-lactam (4-membered cyclic amide) rings is 1. The zero-order chi connectivity index (χ0) is 15.5. The predicted octanol–water partition coefficient (Wildman–Crippen LogP) is 2.37.